The van der Waals surface area contributed by atoms with E-state index in [-0.39, 0.29) is 11.8 Å². The van der Waals surface area contributed by atoms with E-state index in [1.165, 1.54) is 0 Å². The molecule has 0 bridgehead atoms. The van der Waals surface area contributed by atoms with Gasteiger partial charge in [0.25, 0.3) is 5.91 Å². The summed E-state index contributed by atoms with van der Waals surface area (Å²) >= 11 is 0. The van der Waals surface area contributed by atoms with Crippen LogP contribution in [0.15, 0.2) is 24.3 Å². The maximum atomic E-state index is 13.0. The number of carbonyl (C=O) groups is 3. The van der Waals surface area contributed by atoms with E-state index in [0.717, 1.165) is 51.1 Å². The zero-order chi connectivity index (χ0) is 25.7. The van der Waals surface area contributed by atoms with Gasteiger partial charge in [0.1, 0.15) is 0 Å². The molecule has 0 spiro atoms. The fraction of sp³-hybridized carbons (Fsp3) is 0.609. The largest absolute Gasteiger partial charge is 0.490 e. The fourth-order valence-electron chi connectivity index (χ4n) is 3.26. The lowest BCUT2D eigenvalue weighted by Crippen LogP contribution is -2.47. The van der Waals surface area contributed by atoms with Crippen molar-refractivity contribution in [2.45, 2.75) is 38.8 Å². The van der Waals surface area contributed by atoms with E-state index in [9.17, 15) is 22.8 Å². The number of anilines is 1. The highest BCUT2D eigenvalue weighted by atomic mass is 19.4. The van der Waals surface area contributed by atoms with Crippen molar-refractivity contribution in [3.63, 3.8) is 0 Å². The molecule has 0 radical (unpaired) electrons. The van der Waals surface area contributed by atoms with Crippen LogP contribution in [0.25, 0.3) is 0 Å². The van der Waals surface area contributed by atoms with Crippen molar-refractivity contribution in [3.05, 3.63) is 29.8 Å². The molecule has 2 rings (SSSR count). The molecule has 1 saturated heterocycles. The molecule has 0 aliphatic carbocycles. The molecule has 0 unspecified atom stereocenters. The number of hydrogen-bond acceptors (Lipinski definition) is 5. The summed E-state index contributed by atoms with van der Waals surface area (Å²) in [4.78, 5) is 40.1. The Balaban J connectivity index is 0.000000718. The number of piperazine rings is 1. The van der Waals surface area contributed by atoms with Crippen LogP contribution in [0.4, 0.5) is 18.9 Å². The van der Waals surface area contributed by atoms with Crippen LogP contribution in [-0.2, 0) is 9.59 Å². The van der Waals surface area contributed by atoms with Crippen LogP contribution in [-0.4, -0.2) is 92.2 Å². The van der Waals surface area contributed by atoms with Crippen LogP contribution >= 0.6 is 0 Å². The molecule has 192 valence electrons. The van der Waals surface area contributed by atoms with E-state index in [1.807, 2.05) is 53.1 Å². The second-order valence-electron chi connectivity index (χ2n) is 8.12. The lowest BCUT2D eigenvalue weighted by Gasteiger charge is -2.29. The van der Waals surface area contributed by atoms with Gasteiger partial charge in [0, 0.05) is 71.0 Å². The van der Waals surface area contributed by atoms with Crippen molar-refractivity contribution in [2.75, 3.05) is 58.3 Å². The lowest BCUT2D eigenvalue weighted by molar-refractivity contribution is -0.192. The number of alkyl halides is 3. The number of carbonyl (C=O) groups excluding carboxylic acids is 2. The van der Waals surface area contributed by atoms with Crippen molar-refractivity contribution in [2.24, 2.45) is 0 Å². The number of hydrogen-bond donors (Lipinski definition) is 2. The van der Waals surface area contributed by atoms with E-state index in [0.29, 0.717) is 25.1 Å². The first-order chi connectivity index (χ1) is 16.0. The number of halogens is 3. The molecule has 0 saturated carbocycles. The summed E-state index contributed by atoms with van der Waals surface area (Å²) in [6, 6.07) is 7.68. The van der Waals surface area contributed by atoms with Gasteiger partial charge in [-0.2, -0.15) is 13.2 Å². The van der Waals surface area contributed by atoms with Gasteiger partial charge >= 0.3 is 12.1 Å². The smallest absolute Gasteiger partial charge is 0.475 e. The van der Waals surface area contributed by atoms with Crippen LogP contribution in [0.2, 0.25) is 0 Å². The van der Waals surface area contributed by atoms with E-state index in [2.05, 4.69) is 12.2 Å². The number of aliphatic carboxylic acids is 1. The highest BCUT2D eigenvalue weighted by Gasteiger charge is 2.38. The zero-order valence-electron chi connectivity index (χ0n) is 20.0. The second-order valence-corrected chi connectivity index (χ2v) is 8.12. The molecular weight excluding hydrogens is 453 g/mol. The van der Waals surface area contributed by atoms with Gasteiger partial charge in [0.05, 0.1) is 0 Å². The molecule has 8 nitrogen and oxygen atoms in total. The number of nitrogens with zero attached hydrogens (tertiary/aromatic N) is 3. The summed E-state index contributed by atoms with van der Waals surface area (Å²) in [5, 5.41) is 10.4. The number of unbranched alkanes of at least 4 members (excludes halogenated alkanes) is 2. The summed E-state index contributed by atoms with van der Waals surface area (Å²) in [5.41, 5.74) is 1.75. The highest BCUT2D eigenvalue weighted by molar-refractivity contribution is 5.94. The van der Waals surface area contributed by atoms with Crippen molar-refractivity contribution in [1.82, 2.24) is 15.1 Å². The summed E-state index contributed by atoms with van der Waals surface area (Å²) in [6.07, 6.45) is -1.51. The fourth-order valence-corrected chi connectivity index (χ4v) is 3.26. The zero-order valence-corrected chi connectivity index (χ0v) is 20.0. The molecule has 2 N–H and O–H groups in total. The third-order valence-corrected chi connectivity index (χ3v) is 5.26. The quantitative estimate of drug-likeness (QED) is 0.520. The molecule has 2 amide bonds. The molecule has 11 heteroatoms. The van der Waals surface area contributed by atoms with E-state index < -0.39 is 12.1 Å². The van der Waals surface area contributed by atoms with E-state index in [4.69, 9.17) is 9.90 Å². The van der Waals surface area contributed by atoms with Crippen LogP contribution in [0.1, 0.15) is 43.0 Å². The molecule has 1 fully saturated rings. The van der Waals surface area contributed by atoms with Crippen LogP contribution < -0.4 is 10.2 Å². The average molecular weight is 489 g/mol. The highest BCUT2D eigenvalue weighted by Crippen LogP contribution is 2.15. The van der Waals surface area contributed by atoms with Crippen molar-refractivity contribution < 1.29 is 32.7 Å². The Hall–Kier alpha value is -2.82. The first kappa shape index (κ1) is 29.2. The predicted molar refractivity (Wildman–Crippen MR) is 124 cm³/mol. The molecule has 1 aromatic rings. The monoisotopic (exact) mass is 488 g/mol. The Labute approximate surface area is 198 Å². The number of benzene rings is 1. The van der Waals surface area contributed by atoms with Gasteiger partial charge in [-0.05, 0) is 30.7 Å². The molecule has 0 aromatic heterocycles. The first-order valence-electron chi connectivity index (χ1n) is 11.3. The Bertz CT molecular complexity index is 779. The average Bonchev–Trinajstić information content (AvgIpc) is 2.81. The molecule has 1 aliphatic rings. The van der Waals surface area contributed by atoms with Gasteiger partial charge in [-0.3, -0.25) is 9.59 Å². The minimum Gasteiger partial charge on any atom is -0.475 e. The van der Waals surface area contributed by atoms with Gasteiger partial charge in [-0.15, -0.1) is 0 Å². The molecule has 34 heavy (non-hydrogen) atoms. The topological polar surface area (TPSA) is 93.2 Å². The van der Waals surface area contributed by atoms with Crippen LogP contribution in [0.3, 0.4) is 0 Å². The molecular formula is C23H35F3N4O4. The molecule has 1 heterocycles. The Morgan fingerprint density at radius 1 is 1.03 bits per heavy atom. The Kier molecular flexibility index (Phi) is 12.4. The first-order valence-corrected chi connectivity index (χ1v) is 11.3. The maximum absolute atomic E-state index is 13.0. The number of rotatable bonds is 9. The molecule has 1 aliphatic heterocycles. The second kappa shape index (κ2) is 14.4. The van der Waals surface area contributed by atoms with Gasteiger partial charge < -0.3 is 25.1 Å². The number of amides is 2. The molecule has 1 aromatic carbocycles. The van der Waals surface area contributed by atoms with Gasteiger partial charge in [-0.1, -0.05) is 19.8 Å². The summed E-state index contributed by atoms with van der Waals surface area (Å²) < 4.78 is 31.7. The normalized spacial score (nSPS) is 13.5. The van der Waals surface area contributed by atoms with Crippen molar-refractivity contribution >= 4 is 23.5 Å². The minimum atomic E-state index is -5.08. The lowest BCUT2D eigenvalue weighted by atomic mass is 10.1. The van der Waals surface area contributed by atoms with Crippen molar-refractivity contribution in [3.8, 4) is 0 Å². The number of carboxylic acid groups (broad SMARTS) is 1. The SMILES string of the molecule is CCCCCN(CCC(=O)N1CCNCC1)C(=O)c1ccc(N(C)C)cc1.O=C(O)C(F)(F)F. The van der Waals surface area contributed by atoms with Crippen LogP contribution in [0, 0.1) is 0 Å². The van der Waals surface area contributed by atoms with Gasteiger partial charge in [0.2, 0.25) is 5.91 Å². The third kappa shape index (κ3) is 10.4. The Morgan fingerprint density at radius 2 is 1.59 bits per heavy atom. The predicted octanol–water partition coefficient (Wildman–Crippen LogP) is 2.84. The summed E-state index contributed by atoms with van der Waals surface area (Å²) in [7, 11) is 3.96. The maximum Gasteiger partial charge on any atom is 0.490 e. The minimum absolute atomic E-state index is 0.0181. The summed E-state index contributed by atoms with van der Waals surface area (Å²) in [6.45, 7) is 6.56. The Morgan fingerprint density at radius 3 is 2.06 bits per heavy atom. The third-order valence-electron chi connectivity index (χ3n) is 5.26. The summed E-state index contributed by atoms with van der Waals surface area (Å²) in [5.74, 6) is -2.59. The van der Waals surface area contributed by atoms with Gasteiger partial charge in [-0.25, -0.2) is 4.79 Å². The number of nitrogens with one attached hydrogen (secondary N) is 1. The van der Waals surface area contributed by atoms with Gasteiger partial charge in [0.15, 0.2) is 0 Å². The van der Waals surface area contributed by atoms with E-state index >= 15 is 0 Å². The van der Waals surface area contributed by atoms with E-state index in [1.54, 1.807) is 0 Å². The standard InChI is InChI=1S/C21H34N4O2.C2HF3O2/c1-4-5-6-14-25(15-11-20(26)24-16-12-22-13-17-24)21(27)18-7-9-19(10-8-18)23(2)3;3-2(4,5)1(6)7/h7-10,22H,4-6,11-17H2,1-3H3;(H,6,7). The molecule has 0 atom stereocenters. The van der Waals surface area contributed by atoms with Crippen LogP contribution in [0.5, 0.6) is 0 Å². The number of carboxylic acids is 1. The van der Waals surface area contributed by atoms with Crippen molar-refractivity contribution in [1.29, 1.82) is 0 Å².